The lowest BCUT2D eigenvalue weighted by Gasteiger charge is -2.09. The standard InChI is InChI=1S/C5H12NO6P/c1-4(2)12-5(7)10-3-11-13(6,8)9/h4H,3H2,1-2H3,(H3,6,8,9). The number of rotatable bonds is 4. The molecule has 0 rings (SSSR count). The molecule has 0 aromatic carbocycles. The van der Waals surface area contributed by atoms with Crippen LogP contribution in [0.25, 0.3) is 0 Å². The van der Waals surface area contributed by atoms with Gasteiger partial charge in [-0.1, -0.05) is 0 Å². The Morgan fingerprint density at radius 2 is 2.15 bits per heavy atom. The molecule has 78 valence electrons. The third-order valence-electron chi connectivity index (χ3n) is 0.746. The first-order chi connectivity index (χ1) is 5.81. The molecule has 0 saturated heterocycles. The summed E-state index contributed by atoms with van der Waals surface area (Å²) in [4.78, 5) is 19.0. The summed E-state index contributed by atoms with van der Waals surface area (Å²) in [7, 11) is -4.09. The smallest absolute Gasteiger partial charge is 0.432 e. The van der Waals surface area contributed by atoms with Gasteiger partial charge in [-0.05, 0) is 13.8 Å². The lowest BCUT2D eigenvalue weighted by Crippen LogP contribution is -2.15. The van der Waals surface area contributed by atoms with Crippen molar-refractivity contribution in [1.29, 1.82) is 0 Å². The molecule has 0 amide bonds. The maximum Gasteiger partial charge on any atom is 0.510 e. The highest BCUT2D eigenvalue weighted by molar-refractivity contribution is 7.50. The van der Waals surface area contributed by atoms with Gasteiger partial charge < -0.3 is 14.4 Å². The molecule has 0 bridgehead atoms. The summed E-state index contributed by atoms with van der Waals surface area (Å²) in [5.74, 6) is 0. The Bertz CT molecular complexity index is 211. The molecule has 0 saturated carbocycles. The minimum atomic E-state index is -4.09. The lowest BCUT2D eigenvalue weighted by atomic mass is 10.5. The van der Waals surface area contributed by atoms with Crippen LogP contribution in [-0.2, 0) is 18.6 Å². The molecular formula is C5H12NO6P. The molecule has 0 aromatic rings. The second kappa shape index (κ2) is 5.18. The van der Waals surface area contributed by atoms with Crippen molar-refractivity contribution in [2.24, 2.45) is 5.50 Å². The average Bonchev–Trinajstić information content (AvgIpc) is 1.81. The summed E-state index contributed by atoms with van der Waals surface area (Å²) in [6, 6.07) is 0. The Kier molecular flexibility index (Phi) is 4.94. The summed E-state index contributed by atoms with van der Waals surface area (Å²) in [6.07, 6.45) is -1.31. The number of hydrogen-bond donors (Lipinski definition) is 2. The van der Waals surface area contributed by atoms with Gasteiger partial charge in [0.2, 0.25) is 6.79 Å². The van der Waals surface area contributed by atoms with Crippen molar-refractivity contribution in [3.63, 3.8) is 0 Å². The predicted molar refractivity (Wildman–Crippen MR) is 42.7 cm³/mol. The highest BCUT2D eigenvalue weighted by Gasteiger charge is 2.13. The van der Waals surface area contributed by atoms with E-state index in [1.54, 1.807) is 13.8 Å². The second-order valence-corrected chi connectivity index (χ2v) is 3.76. The van der Waals surface area contributed by atoms with Crippen LogP contribution in [0.4, 0.5) is 4.79 Å². The van der Waals surface area contributed by atoms with E-state index in [1.807, 2.05) is 0 Å². The van der Waals surface area contributed by atoms with Gasteiger partial charge in [0.05, 0.1) is 6.10 Å². The maximum absolute atomic E-state index is 10.6. The van der Waals surface area contributed by atoms with Crippen molar-refractivity contribution >= 4 is 13.9 Å². The van der Waals surface area contributed by atoms with Gasteiger partial charge in [0.1, 0.15) is 0 Å². The van der Waals surface area contributed by atoms with E-state index in [1.165, 1.54) is 0 Å². The molecule has 0 radical (unpaired) electrons. The van der Waals surface area contributed by atoms with E-state index >= 15 is 0 Å². The van der Waals surface area contributed by atoms with Crippen LogP contribution in [0.2, 0.25) is 0 Å². The summed E-state index contributed by atoms with van der Waals surface area (Å²) in [5.41, 5.74) is 4.58. The third-order valence-corrected chi connectivity index (χ3v) is 1.22. The van der Waals surface area contributed by atoms with Crippen molar-refractivity contribution in [2.75, 3.05) is 6.79 Å². The Hall–Kier alpha value is -0.620. The van der Waals surface area contributed by atoms with Crippen LogP contribution < -0.4 is 5.50 Å². The fraction of sp³-hybridized carbons (Fsp3) is 0.800. The zero-order valence-corrected chi connectivity index (χ0v) is 8.19. The van der Waals surface area contributed by atoms with Gasteiger partial charge in [-0.15, -0.1) is 0 Å². The minimum Gasteiger partial charge on any atom is -0.432 e. The van der Waals surface area contributed by atoms with E-state index in [0.717, 1.165) is 0 Å². The zero-order valence-electron chi connectivity index (χ0n) is 7.30. The summed E-state index contributed by atoms with van der Waals surface area (Å²) in [6.45, 7) is 2.54. The van der Waals surface area contributed by atoms with Crippen LogP contribution in [0.15, 0.2) is 0 Å². The van der Waals surface area contributed by atoms with Crippen molar-refractivity contribution in [1.82, 2.24) is 0 Å². The molecule has 1 unspecified atom stereocenters. The molecule has 1 atom stereocenters. The molecule has 7 nitrogen and oxygen atoms in total. The van der Waals surface area contributed by atoms with E-state index < -0.39 is 20.7 Å². The molecule has 8 heteroatoms. The number of carbonyl (C=O) groups excluding carboxylic acids is 1. The van der Waals surface area contributed by atoms with E-state index in [0.29, 0.717) is 0 Å². The van der Waals surface area contributed by atoms with E-state index in [9.17, 15) is 9.36 Å². The predicted octanol–water partition coefficient (Wildman–Crippen LogP) is 0.581. The first kappa shape index (κ1) is 12.4. The Morgan fingerprint density at radius 1 is 1.62 bits per heavy atom. The van der Waals surface area contributed by atoms with Gasteiger partial charge in [-0.25, -0.2) is 14.9 Å². The van der Waals surface area contributed by atoms with E-state index in [-0.39, 0.29) is 6.10 Å². The van der Waals surface area contributed by atoms with Crippen molar-refractivity contribution in [3.05, 3.63) is 0 Å². The third kappa shape index (κ3) is 9.29. The molecular weight excluding hydrogens is 201 g/mol. The fourth-order valence-electron chi connectivity index (χ4n) is 0.376. The molecule has 0 aliphatic heterocycles. The van der Waals surface area contributed by atoms with Gasteiger partial charge in [-0.2, -0.15) is 0 Å². The second-order valence-electron chi connectivity index (χ2n) is 2.37. The van der Waals surface area contributed by atoms with E-state index in [2.05, 4.69) is 19.5 Å². The molecule has 0 fully saturated rings. The Balaban J connectivity index is 3.55. The van der Waals surface area contributed by atoms with Crippen LogP contribution in [0.5, 0.6) is 0 Å². The largest absolute Gasteiger partial charge is 0.510 e. The van der Waals surface area contributed by atoms with Gasteiger partial charge in [0.15, 0.2) is 0 Å². The average molecular weight is 213 g/mol. The monoisotopic (exact) mass is 213 g/mol. The number of hydrogen-bond acceptors (Lipinski definition) is 5. The van der Waals surface area contributed by atoms with Crippen LogP contribution in [-0.4, -0.2) is 23.9 Å². The van der Waals surface area contributed by atoms with Crippen molar-refractivity contribution < 1.29 is 28.3 Å². The van der Waals surface area contributed by atoms with Crippen LogP contribution >= 0.6 is 7.75 Å². The Labute approximate surface area is 75.4 Å². The molecule has 0 spiro atoms. The first-order valence-corrected chi connectivity index (χ1v) is 5.05. The van der Waals surface area contributed by atoms with Gasteiger partial charge in [0, 0.05) is 0 Å². The molecule has 0 aliphatic rings. The van der Waals surface area contributed by atoms with Crippen LogP contribution in [0.1, 0.15) is 13.8 Å². The topological polar surface area (TPSA) is 108 Å². The maximum atomic E-state index is 10.6. The van der Waals surface area contributed by atoms with Crippen LogP contribution in [0.3, 0.4) is 0 Å². The molecule has 3 N–H and O–H groups in total. The quantitative estimate of drug-likeness (QED) is 0.399. The number of carbonyl (C=O) groups is 1. The first-order valence-electron chi connectivity index (χ1n) is 3.40. The molecule has 0 heterocycles. The van der Waals surface area contributed by atoms with Crippen molar-refractivity contribution in [3.8, 4) is 0 Å². The highest BCUT2D eigenvalue weighted by Crippen LogP contribution is 2.30. The fourth-order valence-corrected chi connectivity index (χ4v) is 0.580. The number of nitrogens with two attached hydrogens (primary N) is 1. The Morgan fingerprint density at radius 3 is 2.54 bits per heavy atom. The summed E-state index contributed by atoms with van der Waals surface area (Å²) < 4.78 is 23.1. The minimum absolute atomic E-state index is 0.327. The molecule has 0 aliphatic carbocycles. The zero-order chi connectivity index (χ0) is 10.5. The molecule has 0 aromatic heterocycles. The van der Waals surface area contributed by atoms with Crippen LogP contribution in [0, 0.1) is 0 Å². The van der Waals surface area contributed by atoms with Gasteiger partial charge >= 0.3 is 13.9 Å². The lowest BCUT2D eigenvalue weighted by molar-refractivity contribution is -0.0108. The van der Waals surface area contributed by atoms with E-state index in [4.69, 9.17) is 4.89 Å². The van der Waals surface area contributed by atoms with Gasteiger partial charge in [0.25, 0.3) is 0 Å². The SMILES string of the molecule is CC(C)OC(=O)OCOP(N)(=O)O. The summed E-state index contributed by atoms with van der Waals surface area (Å²) >= 11 is 0. The molecule has 13 heavy (non-hydrogen) atoms. The van der Waals surface area contributed by atoms with Gasteiger partial charge in [-0.3, -0.25) is 4.52 Å². The summed E-state index contributed by atoms with van der Waals surface area (Å²) in [5, 5.41) is 0. The normalized spacial score (nSPS) is 15.2. The highest BCUT2D eigenvalue weighted by atomic mass is 31.2. The van der Waals surface area contributed by atoms with Crippen molar-refractivity contribution in [2.45, 2.75) is 20.0 Å². The number of ether oxygens (including phenoxy) is 2.